The lowest BCUT2D eigenvalue weighted by Gasteiger charge is -2.16. The second-order valence-electron chi connectivity index (χ2n) is 6.75. The van der Waals surface area contributed by atoms with E-state index in [0.29, 0.717) is 17.1 Å². The molecule has 0 bridgehead atoms. The lowest BCUT2D eigenvalue weighted by molar-refractivity contribution is 0.0940. The Kier molecular flexibility index (Phi) is 5.21. The number of carbonyl (C=O) groups is 1. The second-order valence-corrected chi connectivity index (χ2v) is 7.16. The normalized spacial score (nSPS) is 16.2. The molecule has 0 unspecified atom stereocenters. The summed E-state index contributed by atoms with van der Waals surface area (Å²) in [5, 5.41) is 11.1. The Hall–Kier alpha value is -2.99. The lowest BCUT2D eigenvalue weighted by atomic mass is 10.1. The molecule has 1 aliphatic rings. The predicted octanol–water partition coefficient (Wildman–Crippen LogP) is 3.75. The average Bonchev–Trinajstić information content (AvgIpc) is 3.38. The van der Waals surface area contributed by atoms with E-state index in [1.165, 1.54) is 0 Å². The average molecular weight is 397 g/mol. The van der Waals surface area contributed by atoms with E-state index in [4.69, 9.17) is 16.3 Å². The van der Waals surface area contributed by atoms with Gasteiger partial charge in [-0.2, -0.15) is 5.10 Å². The summed E-state index contributed by atoms with van der Waals surface area (Å²) in [4.78, 5) is 14.6. The number of aromatic nitrogens is 2. The summed E-state index contributed by atoms with van der Waals surface area (Å²) in [6, 6.07) is 17.0. The number of nitrogens with one attached hydrogen (secondary N) is 2. The Morgan fingerprint density at radius 1 is 1.25 bits per heavy atom. The van der Waals surface area contributed by atoms with Crippen molar-refractivity contribution < 1.29 is 9.53 Å². The summed E-state index contributed by atoms with van der Waals surface area (Å²) in [6.07, 6.45) is 0.862. The van der Waals surface area contributed by atoms with Gasteiger partial charge in [-0.15, -0.1) is 0 Å². The van der Waals surface area contributed by atoms with E-state index < -0.39 is 0 Å². The van der Waals surface area contributed by atoms with Gasteiger partial charge in [-0.3, -0.25) is 9.89 Å². The van der Waals surface area contributed by atoms with Gasteiger partial charge in [0.1, 0.15) is 5.75 Å². The monoisotopic (exact) mass is 396 g/mol. The number of rotatable bonds is 5. The third-order valence-corrected chi connectivity index (χ3v) is 5.26. The molecule has 1 amide bonds. The molecule has 0 saturated carbocycles. The van der Waals surface area contributed by atoms with Crippen LogP contribution in [0.3, 0.4) is 0 Å². The zero-order chi connectivity index (χ0) is 19.5. The van der Waals surface area contributed by atoms with Crippen LogP contribution in [0.5, 0.6) is 5.75 Å². The number of amides is 1. The first-order valence-corrected chi connectivity index (χ1v) is 9.52. The third kappa shape index (κ3) is 3.82. The number of halogens is 1. The molecule has 1 aromatic heterocycles. The van der Waals surface area contributed by atoms with Gasteiger partial charge in [0.25, 0.3) is 5.91 Å². The van der Waals surface area contributed by atoms with E-state index in [1.54, 1.807) is 19.2 Å². The minimum absolute atomic E-state index is 0.0601. The van der Waals surface area contributed by atoms with E-state index in [1.807, 2.05) is 42.5 Å². The molecule has 2 N–H and O–H groups in total. The fourth-order valence-electron chi connectivity index (χ4n) is 3.39. The van der Waals surface area contributed by atoms with Crippen LogP contribution in [0, 0.1) is 0 Å². The molecule has 7 heteroatoms. The van der Waals surface area contributed by atoms with Gasteiger partial charge in [0.05, 0.1) is 23.4 Å². The number of methoxy groups -OCH3 is 1. The van der Waals surface area contributed by atoms with Crippen molar-refractivity contribution in [2.24, 2.45) is 0 Å². The van der Waals surface area contributed by atoms with E-state index in [9.17, 15) is 4.79 Å². The maximum atomic E-state index is 12.5. The predicted molar refractivity (Wildman–Crippen MR) is 110 cm³/mol. The van der Waals surface area contributed by atoms with Crippen molar-refractivity contribution in [1.29, 1.82) is 0 Å². The summed E-state index contributed by atoms with van der Waals surface area (Å²) < 4.78 is 5.20. The molecule has 1 aliphatic heterocycles. The van der Waals surface area contributed by atoms with Crippen LogP contribution in [0.4, 0.5) is 5.82 Å². The van der Waals surface area contributed by atoms with Crippen molar-refractivity contribution >= 4 is 23.3 Å². The summed E-state index contributed by atoms with van der Waals surface area (Å²) in [6.45, 7) is 1.55. The van der Waals surface area contributed by atoms with E-state index >= 15 is 0 Å². The smallest absolute Gasteiger partial charge is 0.253 e. The molecule has 2 aromatic carbocycles. The fourth-order valence-corrected chi connectivity index (χ4v) is 3.61. The summed E-state index contributed by atoms with van der Waals surface area (Å²) in [7, 11) is 1.65. The SMILES string of the molecule is COc1ccc(-c2cc(N3CC[C@@H](NC(=O)c4ccccc4Cl)C3)n[nH]2)cc1. The first-order chi connectivity index (χ1) is 13.6. The van der Waals surface area contributed by atoms with E-state index in [2.05, 4.69) is 20.4 Å². The highest BCUT2D eigenvalue weighted by atomic mass is 35.5. The Labute approximate surface area is 168 Å². The second kappa shape index (κ2) is 7.94. The molecule has 0 radical (unpaired) electrons. The molecule has 0 spiro atoms. The van der Waals surface area contributed by atoms with Gasteiger partial charge in [-0.25, -0.2) is 0 Å². The van der Waals surface area contributed by atoms with Gasteiger partial charge in [0.15, 0.2) is 5.82 Å². The van der Waals surface area contributed by atoms with Crippen LogP contribution in [-0.2, 0) is 0 Å². The molecule has 1 fully saturated rings. The molecule has 6 nitrogen and oxygen atoms in total. The Morgan fingerprint density at radius 2 is 2.04 bits per heavy atom. The molecule has 3 aromatic rings. The van der Waals surface area contributed by atoms with Crippen LogP contribution in [-0.4, -0.2) is 42.3 Å². The largest absolute Gasteiger partial charge is 0.497 e. The maximum Gasteiger partial charge on any atom is 0.253 e. The molecule has 4 rings (SSSR count). The topological polar surface area (TPSA) is 70.2 Å². The van der Waals surface area contributed by atoms with Crippen molar-refractivity contribution in [1.82, 2.24) is 15.5 Å². The Bertz CT molecular complexity index is 971. The molecule has 2 heterocycles. The maximum absolute atomic E-state index is 12.5. The number of aromatic amines is 1. The quantitative estimate of drug-likeness (QED) is 0.689. The van der Waals surface area contributed by atoms with Crippen molar-refractivity contribution in [3.05, 3.63) is 65.2 Å². The van der Waals surface area contributed by atoms with Crippen molar-refractivity contribution in [3.63, 3.8) is 0 Å². The Morgan fingerprint density at radius 3 is 2.79 bits per heavy atom. The summed E-state index contributed by atoms with van der Waals surface area (Å²) in [5.41, 5.74) is 2.49. The molecule has 28 heavy (non-hydrogen) atoms. The van der Waals surface area contributed by atoms with Crippen LogP contribution >= 0.6 is 11.6 Å². The van der Waals surface area contributed by atoms with E-state index in [0.717, 1.165) is 35.8 Å². The first kappa shape index (κ1) is 18.4. The highest BCUT2D eigenvalue weighted by Gasteiger charge is 2.26. The number of carbonyl (C=O) groups excluding carboxylic acids is 1. The molecule has 1 saturated heterocycles. The fraction of sp³-hybridized carbons (Fsp3) is 0.238. The van der Waals surface area contributed by atoms with Crippen LogP contribution < -0.4 is 15.0 Å². The van der Waals surface area contributed by atoms with Crippen molar-refractivity contribution in [3.8, 4) is 17.0 Å². The molecule has 144 valence electrons. The van der Waals surface area contributed by atoms with Crippen molar-refractivity contribution in [2.75, 3.05) is 25.1 Å². The number of anilines is 1. The molecule has 1 atom stereocenters. The number of nitrogens with zero attached hydrogens (tertiary/aromatic N) is 2. The minimum Gasteiger partial charge on any atom is -0.497 e. The van der Waals surface area contributed by atoms with Crippen molar-refractivity contribution in [2.45, 2.75) is 12.5 Å². The summed E-state index contributed by atoms with van der Waals surface area (Å²) in [5.74, 6) is 1.55. The number of benzene rings is 2. The van der Waals surface area contributed by atoms with Crippen LogP contribution in [0.15, 0.2) is 54.6 Å². The number of ether oxygens (including phenoxy) is 1. The zero-order valence-corrected chi connectivity index (χ0v) is 16.2. The molecular formula is C21H21ClN4O2. The van der Waals surface area contributed by atoms with Gasteiger partial charge in [0.2, 0.25) is 0 Å². The zero-order valence-electron chi connectivity index (χ0n) is 15.5. The first-order valence-electron chi connectivity index (χ1n) is 9.14. The van der Waals surface area contributed by atoms with Crippen LogP contribution in [0.1, 0.15) is 16.8 Å². The number of hydrogen-bond donors (Lipinski definition) is 2. The van der Waals surface area contributed by atoms with Gasteiger partial charge in [0, 0.05) is 25.2 Å². The highest BCUT2D eigenvalue weighted by Crippen LogP contribution is 2.26. The van der Waals surface area contributed by atoms with Gasteiger partial charge in [-0.05, 0) is 48.4 Å². The van der Waals surface area contributed by atoms with E-state index in [-0.39, 0.29) is 11.9 Å². The van der Waals surface area contributed by atoms with Crippen LogP contribution in [0.2, 0.25) is 5.02 Å². The van der Waals surface area contributed by atoms with Gasteiger partial charge < -0.3 is 15.0 Å². The van der Waals surface area contributed by atoms with Gasteiger partial charge >= 0.3 is 0 Å². The van der Waals surface area contributed by atoms with Gasteiger partial charge in [-0.1, -0.05) is 23.7 Å². The lowest BCUT2D eigenvalue weighted by Crippen LogP contribution is -2.37. The molecular weight excluding hydrogens is 376 g/mol. The highest BCUT2D eigenvalue weighted by molar-refractivity contribution is 6.33. The molecule has 0 aliphatic carbocycles. The summed E-state index contributed by atoms with van der Waals surface area (Å²) >= 11 is 6.12. The Balaban J connectivity index is 1.40. The number of hydrogen-bond acceptors (Lipinski definition) is 4. The standard InChI is InChI=1S/C21H21ClN4O2/c1-28-16-8-6-14(7-9-16)19-12-20(25-24-19)26-11-10-15(13-26)23-21(27)17-4-2-3-5-18(17)22/h2-9,12,15H,10-11,13H2,1H3,(H,23,27)(H,24,25)/t15-/m1/s1. The minimum atomic E-state index is -0.140. The van der Waals surface area contributed by atoms with Crippen LogP contribution in [0.25, 0.3) is 11.3 Å². The third-order valence-electron chi connectivity index (χ3n) is 4.93. The number of H-pyrrole nitrogens is 1.